The van der Waals surface area contributed by atoms with Gasteiger partial charge in [-0.2, -0.15) is 0 Å². The van der Waals surface area contributed by atoms with Crippen LogP contribution in [0.3, 0.4) is 0 Å². The largest absolute Gasteiger partial charge is 0.453 e. The first kappa shape index (κ1) is 40.3. The minimum atomic E-state index is -0.716. The number of benzene rings is 2. The lowest BCUT2D eigenvalue weighted by Crippen LogP contribution is -2.56. The van der Waals surface area contributed by atoms with E-state index in [1.54, 1.807) is 6.20 Å². The van der Waals surface area contributed by atoms with Crippen molar-refractivity contribution in [3.63, 3.8) is 0 Å². The summed E-state index contributed by atoms with van der Waals surface area (Å²) in [6.45, 7) is 8.79. The summed E-state index contributed by atoms with van der Waals surface area (Å²) in [5.74, 6) is 2.47. The number of H-pyrrole nitrogens is 1. The predicted octanol–water partition coefficient (Wildman–Crippen LogP) is 7.36. The van der Waals surface area contributed by atoms with E-state index in [0.717, 1.165) is 66.6 Å². The third kappa shape index (κ3) is 8.39. The molecule has 15 heteroatoms. The minimum Gasteiger partial charge on any atom is -0.453 e. The molecular weight excluding hydrogens is 743 g/mol. The molecule has 1 aromatic heterocycles. The number of hydrogen-bond donors (Lipinski definition) is 3. The summed E-state index contributed by atoms with van der Waals surface area (Å²) >= 11 is 0. The SMILES string of the molecule is COC(=O)N[C@H](C(=O)N1CCCC[C@H]1C1=NC=C(c2ccc3c(c2)Oc2ccc(-c4cnc([C@@H]5CCCCN5C(=O)[C@@H](NC(=O)OC)C(C)C)[nH]4)cc2O3)C1)C(C)C. The number of carbonyl (C=O) groups is 4. The summed E-state index contributed by atoms with van der Waals surface area (Å²) in [6, 6.07) is 9.73. The van der Waals surface area contributed by atoms with E-state index in [0.29, 0.717) is 48.3 Å². The number of alkyl carbamates (subject to hydrolysis) is 2. The molecule has 0 unspecified atom stereocenters. The van der Waals surface area contributed by atoms with Crippen LogP contribution in [0.2, 0.25) is 0 Å². The summed E-state index contributed by atoms with van der Waals surface area (Å²) in [4.78, 5) is 68.3. The first-order chi connectivity index (χ1) is 27.9. The number of aromatic nitrogens is 2. The molecule has 0 saturated carbocycles. The second-order valence-electron chi connectivity index (χ2n) is 16.0. The lowest BCUT2D eigenvalue weighted by atomic mass is 9.91. The van der Waals surface area contributed by atoms with Gasteiger partial charge in [-0.05, 0) is 91.8 Å². The second-order valence-corrected chi connectivity index (χ2v) is 16.0. The monoisotopic (exact) mass is 795 g/mol. The minimum absolute atomic E-state index is 0.111. The Morgan fingerprint density at radius 1 is 0.741 bits per heavy atom. The summed E-state index contributed by atoms with van der Waals surface area (Å²) in [5.41, 5.74) is 4.51. The molecule has 0 radical (unpaired) electrons. The number of amides is 4. The second kappa shape index (κ2) is 17.3. The number of hydrogen-bond acceptors (Lipinski definition) is 10. The van der Waals surface area contributed by atoms with Crippen molar-refractivity contribution >= 4 is 35.3 Å². The van der Waals surface area contributed by atoms with Crippen molar-refractivity contribution in [1.82, 2.24) is 30.4 Å². The van der Waals surface area contributed by atoms with E-state index in [1.165, 1.54) is 14.2 Å². The molecular formula is C43H53N7O8. The summed E-state index contributed by atoms with van der Waals surface area (Å²) < 4.78 is 22.3. The molecule has 4 amide bonds. The Labute approximate surface area is 338 Å². The van der Waals surface area contributed by atoms with Crippen molar-refractivity contribution in [2.75, 3.05) is 27.3 Å². The van der Waals surface area contributed by atoms with E-state index in [-0.39, 0.29) is 35.7 Å². The number of likely N-dealkylation sites (tertiary alicyclic amines) is 2. The average Bonchev–Trinajstić information content (AvgIpc) is 3.94. The number of allylic oxidation sites excluding steroid dienone is 1. The standard InChI is InChI=1S/C43H53N7O8/c1-24(2)37(47-42(53)55-5)40(51)49-17-9-7-11-31(49)29-19-28(22-44-29)26-13-15-33-35(20-26)57-34-16-14-27(21-36(34)58-33)30-23-45-39(46-30)32-12-8-10-18-50(32)41(52)38(25(3)4)48-43(54)56-6/h13-16,20-25,31-32,37-38H,7-12,17-19H2,1-6H3,(H,45,46)(H,47,53)(H,48,54)/t31-,32-,37-,38-/m0/s1. The molecule has 58 heavy (non-hydrogen) atoms. The van der Waals surface area contributed by atoms with Gasteiger partial charge in [0.25, 0.3) is 0 Å². The first-order valence-corrected chi connectivity index (χ1v) is 20.2. The fourth-order valence-electron chi connectivity index (χ4n) is 8.21. The smallest absolute Gasteiger partial charge is 0.407 e. The zero-order valence-corrected chi connectivity index (χ0v) is 34.0. The van der Waals surface area contributed by atoms with Crippen molar-refractivity contribution in [3.05, 3.63) is 60.2 Å². The number of nitrogens with one attached hydrogen (secondary N) is 3. The maximum Gasteiger partial charge on any atom is 0.407 e. The molecule has 2 saturated heterocycles. The average molecular weight is 796 g/mol. The van der Waals surface area contributed by atoms with Gasteiger partial charge in [-0.1, -0.05) is 33.8 Å². The molecule has 7 rings (SSSR count). The van der Waals surface area contributed by atoms with Crippen molar-refractivity contribution in [3.8, 4) is 34.3 Å². The predicted molar refractivity (Wildman–Crippen MR) is 217 cm³/mol. The number of ether oxygens (including phenoxy) is 4. The first-order valence-electron chi connectivity index (χ1n) is 20.2. The van der Waals surface area contributed by atoms with E-state index >= 15 is 0 Å². The van der Waals surface area contributed by atoms with Crippen LogP contribution in [0.5, 0.6) is 23.0 Å². The van der Waals surface area contributed by atoms with Crippen LogP contribution >= 0.6 is 0 Å². The van der Waals surface area contributed by atoms with Gasteiger partial charge < -0.3 is 44.4 Å². The number of rotatable bonds is 10. The number of methoxy groups -OCH3 is 2. The quantitative estimate of drug-likeness (QED) is 0.148. The van der Waals surface area contributed by atoms with Crippen molar-refractivity contribution < 1.29 is 38.1 Å². The number of imidazole rings is 1. The number of aromatic amines is 1. The fourth-order valence-corrected chi connectivity index (χ4v) is 8.21. The van der Waals surface area contributed by atoms with Crippen LogP contribution in [0.4, 0.5) is 9.59 Å². The molecule has 5 heterocycles. The molecule has 4 aliphatic heterocycles. The number of aliphatic imine (C=N–C) groups is 1. The molecule has 2 fully saturated rings. The molecule has 0 bridgehead atoms. The van der Waals surface area contributed by atoms with Crippen LogP contribution in [0.1, 0.15) is 90.1 Å². The van der Waals surface area contributed by atoms with Crippen LogP contribution in [-0.2, 0) is 19.1 Å². The third-order valence-electron chi connectivity index (χ3n) is 11.4. The molecule has 3 N–H and O–H groups in total. The van der Waals surface area contributed by atoms with Crippen molar-refractivity contribution in [2.24, 2.45) is 16.8 Å². The zero-order chi connectivity index (χ0) is 41.1. The van der Waals surface area contributed by atoms with Gasteiger partial charge in [0.05, 0.1) is 38.2 Å². The molecule has 4 aliphatic rings. The molecule has 0 aliphatic carbocycles. The maximum absolute atomic E-state index is 13.8. The van der Waals surface area contributed by atoms with E-state index in [1.807, 2.05) is 80.1 Å². The number of piperidine rings is 2. The highest BCUT2D eigenvalue weighted by Crippen LogP contribution is 2.48. The van der Waals surface area contributed by atoms with Crippen LogP contribution < -0.4 is 20.1 Å². The molecule has 15 nitrogen and oxygen atoms in total. The fraction of sp³-hybridized carbons (Fsp3) is 0.488. The Bertz CT molecular complexity index is 2110. The Morgan fingerprint density at radius 3 is 1.84 bits per heavy atom. The van der Waals surface area contributed by atoms with Crippen LogP contribution in [0, 0.1) is 11.8 Å². The van der Waals surface area contributed by atoms with Gasteiger partial charge in [0, 0.05) is 37.0 Å². The van der Waals surface area contributed by atoms with Crippen molar-refractivity contribution in [1.29, 1.82) is 0 Å². The van der Waals surface area contributed by atoms with Crippen molar-refractivity contribution in [2.45, 2.75) is 96.8 Å². The number of carbonyl (C=O) groups excluding carboxylic acids is 4. The highest BCUT2D eigenvalue weighted by atomic mass is 16.6. The summed E-state index contributed by atoms with van der Waals surface area (Å²) in [7, 11) is 2.58. The van der Waals surface area contributed by atoms with Gasteiger partial charge >= 0.3 is 12.2 Å². The normalized spacial score (nSPS) is 19.8. The van der Waals surface area contributed by atoms with Gasteiger partial charge in [-0.3, -0.25) is 14.6 Å². The van der Waals surface area contributed by atoms with Gasteiger partial charge in [0.1, 0.15) is 17.9 Å². The van der Waals surface area contributed by atoms with E-state index in [9.17, 15) is 19.2 Å². The highest BCUT2D eigenvalue weighted by Gasteiger charge is 2.38. The lowest BCUT2D eigenvalue weighted by molar-refractivity contribution is -0.138. The Hall–Kier alpha value is -5.86. The van der Waals surface area contributed by atoms with Gasteiger partial charge in [-0.15, -0.1) is 0 Å². The topological polar surface area (TPSA) is 177 Å². The van der Waals surface area contributed by atoms with Crippen LogP contribution in [0.15, 0.2) is 53.8 Å². The van der Waals surface area contributed by atoms with E-state index < -0.39 is 24.3 Å². The lowest BCUT2D eigenvalue weighted by Gasteiger charge is -2.39. The summed E-state index contributed by atoms with van der Waals surface area (Å²) in [5, 5.41) is 5.43. The third-order valence-corrected chi connectivity index (χ3v) is 11.4. The Kier molecular flexibility index (Phi) is 12.1. The van der Waals surface area contributed by atoms with Gasteiger partial charge in [-0.25, -0.2) is 14.6 Å². The van der Waals surface area contributed by atoms with Gasteiger partial charge in [0.2, 0.25) is 11.8 Å². The van der Waals surface area contributed by atoms with Crippen LogP contribution in [0.25, 0.3) is 16.8 Å². The highest BCUT2D eigenvalue weighted by molar-refractivity contribution is 6.03. The van der Waals surface area contributed by atoms with Crippen LogP contribution in [-0.4, -0.2) is 94.9 Å². The molecule has 3 aromatic rings. The Balaban J connectivity index is 1.02. The molecule has 4 atom stereocenters. The van der Waals surface area contributed by atoms with Gasteiger partial charge in [0.15, 0.2) is 23.0 Å². The summed E-state index contributed by atoms with van der Waals surface area (Å²) in [6.07, 6.45) is 8.23. The zero-order valence-electron chi connectivity index (χ0n) is 34.0. The number of nitrogens with zero attached hydrogens (tertiary/aromatic N) is 4. The number of fused-ring (bicyclic) bond motifs is 2. The van der Waals surface area contributed by atoms with E-state index in [2.05, 4.69) is 15.6 Å². The Morgan fingerprint density at radius 2 is 1.28 bits per heavy atom. The molecule has 2 aromatic carbocycles. The maximum atomic E-state index is 13.8. The van der Waals surface area contributed by atoms with E-state index in [4.69, 9.17) is 28.9 Å². The molecule has 0 spiro atoms. The molecule has 308 valence electrons.